The van der Waals surface area contributed by atoms with Crippen LogP contribution in [0.4, 0.5) is 5.69 Å². The van der Waals surface area contributed by atoms with Gasteiger partial charge in [0.2, 0.25) is 0 Å². The Bertz CT molecular complexity index is 415. The SMILES string of the molecule is Cc1ccccc1N(C)C1(CN)CCCC(C)CC1. The van der Waals surface area contributed by atoms with E-state index in [4.69, 9.17) is 5.73 Å². The van der Waals surface area contributed by atoms with Crippen molar-refractivity contribution in [3.05, 3.63) is 29.8 Å². The first-order valence-corrected chi connectivity index (χ1v) is 7.58. The molecule has 0 radical (unpaired) electrons. The van der Waals surface area contributed by atoms with Gasteiger partial charge in [0.25, 0.3) is 0 Å². The number of nitrogens with zero attached hydrogens (tertiary/aromatic N) is 1. The van der Waals surface area contributed by atoms with Gasteiger partial charge in [0, 0.05) is 19.3 Å². The van der Waals surface area contributed by atoms with E-state index in [1.165, 1.54) is 43.4 Å². The first kappa shape index (κ1) is 14.4. The highest BCUT2D eigenvalue weighted by Gasteiger charge is 2.35. The van der Waals surface area contributed by atoms with Gasteiger partial charge in [-0.25, -0.2) is 0 Å². The Morgan fingerprint density at radius 2 is 2.00 bits per heavy atom. The molecule has 1 fully saturated rings. The molecular formula is C17H28N2. The molecule has 0 aromatic heterocycles. The van der Waals surface area contributed by atoms with Gasteiger partial charge in [0.1, 0.15) is 0 Å². The molecule has 0 aliphatic heterocycles. The topological polar surface area (TPSA) is 29.3 Å². The summed E-state index contributed by atoms with van der Waals surface area (Å²) in [6.07, 6.45) is 6.39. The van der Waals surface area contributed by atoms with Gasteiger partial charge in [-0.3, -0.25) is 0 Å². The molecule has 1 aromatic rings. The smallest absolute Gasteiger partial charge is 0.0521 e. The van der Waals surface area contributed by atoms with E-state index in [0.717, 1.165) is 12.5 Å². The molecule has 1 saturated carbocycles. The van der Waals surface area contributed by atoms with Crippen molar-refractivity contribution in [3.63, 3.8) is 0 Å². The van der Waals surface area contributed by atoms with Crippen molar-refractivity contribution in [2.24, 2.45) is 11.7 Å². The molecule has 0 spiro atoms. The van der Waals surface area contributed by atoms with Gasteiger partial charge in [-0.15, -0.1) is 0 Å². The van der Waals surface area contributed by atoms with E-state index >= 15 is 0 Å². The Kier molecular flexibility index (Phi) is 4.51. The minimum absolute atomic E-state index is 0.150. The molecule has 2 rings (SSSR count). The van der Waals surface area contributed by atoms with Gasteiger partial charge in [-0.1, -0.05) is 38.0 Å². The number of benzene rings is 1. The van der Waals surface area contributed by atoms with Crippen LogP contribution in [0.15, 0.2) is 24.3 Å². The van der Waals surface area contributed by atoms with E-state index in [2.05, 4.69) is 50.1 Å². The number of hydrogen-bond acceptors (Lipinski definition) is 2. The molecule has 1 aliphatic rings. The van der Waals surface area contributed by atoms with E-state index < -0.39 is 0 Å². The van der Waals surface area contributed by atoms with E-state index in [1.54, 1.807) is 0 Å². The highest BCUT2D eigenvalue weighted by atomic mass is 15.2. The number of rotatable bonds is 3. The van der Waals surface area contributed by atoms with Crippen molar-refractivity contribution in [1.29, 1.82) is 0 Å². The number of hydrogen-bond donors (Lipinski definition) is 1. The molecule has 0 heterocycles. The fraction of sp³-hybridized carbons (Fsp3) is 0.647. The average Bonchev–Trinajstić information content (AvgIpc) is 2.61. The molecule has 2 atom stereocenters. The van der Waals surface area contributed by atoms with Crippen molar-refractivity contribution >= 4 is 5.69 Å². The summed E-state index contributed by atoms with van der Waals surface area (Å²) in [5, 5.41) is 0. The van der Waals surface area contributed by atoms with Crippen LogP contribution < -0.4 is 10.6 Å². The van der Waals surface area contributed by atoms with Crippen LogP contribution in [0.25, 0.3) is 0 Å². The Hall–Kier alpha value is -1.02. The largest absolute Gasteiger partial charge is 0.367 e. The highest BCUT2D eigenvalue weighted by Crippen LogP contribution is 2.36. The molecule has 0 bridgehead atoms. The molecule has 106 valence electrons. The molecule has 0 amide bonds. The maximum Gasteiger partial charge on any atom is 0.0521 e. The van der Waals surface area contributed by atoms with Gasteiger partial charge >= 0.3 is 0 Å². The lowest BCUT2D eigenvalue weighted by molar-refractivity contribution is 0.357. The zero-order chi connectivity index (χ0) is 13.9. The Morgan fingerprint density at radius 1 is 1.26 bits per heavy atom. The van der Waals surface area contributed by atoms with E-state index in [0.29, 0.717) is 0 Å². The summed E-state index contributed by atoms with van der Waals surface area (Å²) in [6, 6.07) is 8.65. The lowest BCUT2D eigenvalue weighted by Gasteiger charge is -2.43. The Labute approximate surface area is 118 Å². The molecule has 0 saturated heterocycles. The molecule has 2 unspecified atom stereocenters. The molecule has 2 nitrogen and oxygen atoms in total. The molecule has 19 heavy (non-hydrogen) atoms. The third-order valence-electron chi connectivity index (χ3n) is 5.01. The maximum absolute atomic E-state index is 6.20. The summed E-state index contributed by atoms with van der Waals surface area (Å²) in [5.74, 6) is 0.846. The minimum atomic E-state index is 0.150. The molecule has 1 aliphatic carbocycles. The summed E-state index contributed by atoms with van der Waals surface area (Å²) in [5.41, 5.74) is 9.03. The van der Waals surface area contributed by atoms with Crippen LogP contribution in [-0.4, -0.2) is 19.1 Å². The second kappa shape index (κ2) is 5.96. The van der Waals surface area contributed by atoms with E-state index in [-0.39, 0.29) is 5.54 Å². The Balaban J connectivity index is 2.27. The standard InChI is InChI=1S/C17H28N2/c1-14-7-6-11-17(13-18,12-10-14)19(3)16-9-5-4-8-15(16)2/h4-5,8-9,14H,6-7,10-13,18H2,1-3H3. The van der Waals surface area contributed by atoms with Crippen molar-refractivity contribution in [3.8, 4) is 0 Å². The van der Waals surface area contributed by atoms with Crippen LogP contribution in [0.3, 0.4) is 0 Å². The quantitative estimate of drug-likeness (QED) is 0.839. The first-order chi connectivity index (χ1) is 9.09. The van der Waals surface area contributed by atoms with Crippen LogP contribution in [-0.2, 0) is 0 Å². The van der Waals surface area contributed by atoms with Crippen LogP contribution >= 0.6 is 0 Å². The number of anilines is 1. The van der Waals surface area contributed by atoms with Gasteiger partial charge in [-0.2, -0.15) is 0 Å². The van der Waals surface area contributed by atoms with Crippen molar-refractivity contribution in [2.45, 2.75) is 51.5 Å². The van der Waals surface area contributed by atoms with Crippen LogP contribution in [0.1, 0.15) is 44.6 Å². The third kappa shape index (κ3) is 2.94. The number of nitrogens with two attached hydrogens (primary N) is 1. The van der Waals surface area contributed by atoms with E-state index in [1.807, 2.05) is 0 Å². The molecule has 2 heteroatoms. The van der Waals surface area contributed by atoms with Gasteiger partial charge in [-0.05, 0) is 43.7 Å². The third-order valence-corrected chi connectivity index (χ3v) is 5.01. The van der Waals surface area contributed by atoms with Gasteiger partial charge < -0.3 is 10.6 Å². The summed E-state index contributed by atoms with van der Waals surface area (Å²) in [7, 11) is 2.23. The van der Waals surface area contributed by atoms with Crippen LogP contribution in [0.2, 0.25) is 0 Å². The summed E-state index contributed by atoms with van der Waals surface area (Å²) in [6.45, 7) is 5.32. The predicted molar refractivity (Wildman–Crippen MR) is 83.6 cm³/mol. The predicted octanol–water partition coefficient (Wildman–Crippen LogP) is 3.73. The molecule has 2 N–H and O–H groups in total. The number of aryl methyl sites for hydroxylation is 1. The zero-order valence-corrected chi connectivity index (χ0v) is 12.7. The maximum atomic E-state index is 6.20. The van der Waals surface area contributed by atoms with Gasteiger partial charge in [0.05, 0.1) is 5.54 Å². The zero-order valence-electron chi connectivity index (χ0n) is 12.7. The van der Waals surface area contributed by atoms with Gasteiger partial charge in [0.15, 0.2) is 0 Å². The van der Waals surface area contributed by atoms with Crippen molar-refractivity contribution in [1.82, 2.24) is 0 Å². The summed E-state index contributed by atoms with van der Waals surface area (Å²) in [4.78, 5) is 2.46. The van der Waals surface area contributed by atoms with E-state index in [9.17, 15) is 0 Å². The fourth-order valence-corrected chi connectivity index (χ4v) is 3.44. The molecular weight excluding hydrogens is 232 g/mol. The number of likely N-dealkylation sites (N-methyl/N-ethyl adjacent to an activating group) is 1. The first-order valence-electron chi connectivity index (χ1n) is 7.58. The van der Waals surface area contributed by atoms with Crippen molar-refractivity contribution in [2.75, 3.05) is 18.5 Å². The van der Waals surface area contributed by atoms with Crippen LogP contribution in [0, 0.1) is 12.8 Å². The second-order valence-corrected chi connectivity index (χ2v) is 6.31. The minimum Gasteiger partial charge on any atom is -0.367 e. The summed E-state index contributed by atoms with van der Waals surface area (Å²) < 4.78 is 0. The fourth-order valence-electron chi connectivity index (χ4n) is 3.44. The van der Waals surface area contributed by atoms with Crippen LogP contribution in [0.5, 0.6) is 0 Å². The lowest BCUT2D eigenvalue weighted by Crippen LogP contribution is -2.52. The molecule has 1 aromatic carbocycles. The monoisotopic (exact) mass is 260 g/mol. The normalized spacial score (nSPS) is 27.9. The second-order valence-electron chi connectivity index (χ2n) is 6.31. The van der Waals surface area contributed by atoms with Crippen molar-refractivity contribution < 1.29 is 0 Å². The highest BCUT2D eigenvalue weighted by molar-refractivity contribution is 5.54. The summed E-state index contributed by atoms with van der Waals surface area (Å²) >= 11 is 0. The lowest BCUT2D eigenvalue weighted by atomic mass is 9.87. The Morgan fingerprint density at radius 3 is 2.68 bits per heavy atom. The number of para-hydroxylation sites is 1. The average molecular weight is 260 g/mol.